The Balaban J connectivity index is 1.78. The molecule has 0 unspecified atom stereocenters. The van der Waals surface area contributed by atoms with Crippen molar-refractivity contribution in [1.82, 2.24) is 0 Å². The molecule has 1 amide bonds. The number of ketones is 1. The van der Waals surface area contributed by atoms with Gasteiger partial charge in [-0.25, -0.2) is 0 Å². The number of carbonyl (C=O) groups excluding carboxylic acids is 3. The van der Waals surface area contributed by atoms with E-state index in [1.54, 1.807) is 30.3 Å². The summed E-state index contributed by atoms with van der Waals surface area (Å²) in [6.07, 6.45) is -0.0573. The SMILES string of the molecule is Cc1ccc(C(=O)CCC(=O)OCC(=O)Nc2ccc(SC#N)cc2C)cc1C. The van der Waals surface area contributed by atoms with E-state index in [1.807, 2.05) is 32.2 Å². The van der Waals surface area contributed by atoms with Gasteiger partial charge in [0.15, 0.2) is 12.4 Å². The molecule has 0 aromatic heterocycles. The van der Waals surface area contributed by atoms with E-state index in [0.717, 1.165) is 33.3 Å². The molecule has 0 saturated heterocycles. The Bertz CT molecular complexity index is 979. The molecule has 2 aromatic carbocycles. The lowest BCUT2D eigenvalue weighted by Crippen LogP contribution is -2.21. The van der Waals surface area contributed by atoms with Crippen LogP contribution in [0, 0.1) is 31.4 Å². The van der Waals surface area contributed by atoms with Gasteiger partial charge < -0.3 is 10.1 Å². The molecule has 0 heterocycles. The van der Waals surface area contributed by atoms with Crippen molar-refractivity contribution >= 4 is 35.1 Å². The van der Waals surface area contributed by atoms with Gasteiger partial charge in [0.1, 0.15) is 5.40 Å². The molecule has 29 heavy (non-hydrogen) atoms. The summed E-state index contributed by atoms with van der Waals surface area (Å²) in [5.41, 5.74) is 4.06. The largest absolute Gasteiger partial charge is 0.456 e. The number of nitrogens with zero attached hydrogens (tertiary/aromatic N) is 1. The molecule has 2 rings (SSSR count). The summed E-state index contributed by atoms with van der Waals surface area (Å²) in [5, 5.41) is 13.3. The number of esters is 1. The fourth-order valence-electron chi connectivity index (χ4n) is 2.57. The molecule has 0 atom stereocenters. The Morgan fingerprint density at radius 3 is 2.41 bits per heavy atom. The highest BCUT2D eigenvalue weighted by molar-refractivity contribution is 8.03. The molecular formula is C22H22N2O4S. The fraction of sp³-hybridized carbons (Fsp3) is 0.273. The van der Waals surface area contributed by atoms with E-state index in [-0.39, 0.29) is 18.6 Å². The average Bonchev–Trinajstić information content (AvgIpc) is 2.69. The first-order valence-electron chi connectivity index (χ1n) is 9.02. The van der Waals surface area contributed by atoms with E-state index in [4.69, 9.17) is 10.00 Å². The molecular weight excluding hydrogens is 388 g/mol. The van der Waals surface area contributed by atoms with Crippen molar-refractivity contribution in [2.75, 3.05) is 11.9 Å². The first-order valence-corrected chi connectivity index (χ1v) is 9.84. The smallest absolute Gasteiger partial charge is 0.306 e. The quantitative estimate of drug-likeness (QED) is 0.301. The Morgan fingerprint density at radius 2 is 1.76 bits per heavy atom. The number of thioether (sulfide) groups is 1. The molecule has 0 radical (unpaired) electrons. The van der Waals surface area contributed by atoms with Crippen molar-refractivity contribution in [3.8, 4) is 5.40 Å². The summed E-state index contributed by atoms with van der Waals surface area (Å²) >= 11 is 1.03. The van der Waals surface area contributed by atoms with Crippen LogP contribution in [0.15, 0.2) is 41.3 Å². The predicted octanol–water partition coefficient (Wildman–Crippen LogP) is 4.33. The summed E-state index contributed by atoms with van der Waals surface area (Å²) in [7, 11) is 0. The van der Waals surface area contributed by atoms with Crippen LogP contribution in [0.5, 0.6) is 0 Å². The van der Waals surface area contributed by atoms with Gasteiger partial charge in [0, 0.05) is 22.6 Å². The summed E-state index contributed by atoms with van der Waals surface area (Å²) in [6.45, 7) is 5.27. The molecule has 7 heteroatoms. The first-order chi connectivity index (χ1) is 13.8. The topological polar surface area (TPSA) is 96.3 Å². The Morgan fingerprint density at radius 1 is 1.00 bits per heavy atom. The van der Waals surface area contributed by atoms with Crippen LogP contribution in [0.3, 0.4) is 0 Å². The van der Waals surface area contributed by atoms with Gasteiger partial charge in [-0.1, -0.05) is 12.1 Å². The van der Waals surface area contributed by atoms with Crippen LogP contribution < -0.4 is 5.32 Å². The van der Waals surface area contributed by atoms with Crippen LogP contribution in [-0.2, 0) is 14.3 Å². The lowest BCUT2D eigenvalue weighted by molar-refractivity contribution is -0.147. The number of anilines is 1. The minimum Gasteiger partial charge on any atom is -0.456 e. The second kappa shape index (κ2) is 10.4. The first kappa shape index (κ1) is 22.2. The van der Waals surface area contributed by atoms with E-state index in [1.165, 1.54) is 0 Å². The van der Waals surface area contributed by atoms with Crippen LogP contribution in [-0.4, -0.2) is 24.3 Å². The van der Waals surface area contributed by atoms with Gasteiger partial charge in [0.05, 0.1) is 6.42 Å². The van der Waals surface area contributed by atoms with Gasteiger partial charge in [-0.15, -0.1) is 0 Å². The van der Waals surface area contributed by atoms with Gasteiger partial charge >= 0.3 is 5.97 Å². The Labute approximate surface area is 174 Å². The molecule has 1 N–H and O–H groups in total. The molecule has 0 saturated carbocycles. The van der Waals surface area contributed by atoms with Crippen LogP contribution >= 0.6 is 11.8 Å². The number of carbonyl (C=O) groups is 3. The summed E-state index contributed by atoms with van der Waals surface area (Å²) in [5.74, 6) is -1.21. The van der Waals surface area contributed by atoms with Crippen molar-refractivity contribution in [1.29, 1.82) is 5.26 Å². The van der Waals surface area contributed by atoms with E-state index < -0.39 is 18.5 Å². The van der Waals surface area contributed by atoms with E-state index in [2.05, 4.69) is 5.32 Å². The second-order valence-corrected chi connectivity index (χ2v) is 7.46. The number of rotatable bonds is 8. The minimum absolute atomic E-state index is 0.0279. The highest BCUT2D eigenvalue weighted by atomic mass is 32.2. The number of ether oxygens (including phenoxy) is 1. The normalized spacial score (nSPS) is 10.1. The third-order valence-corrected chi connectivity index (χ3v) is 4.97. The van der Waals surface area contributed by atoms with Crippen molar-refractivity contribution in [2.45, 2.75) is 38.5 Å². The molecule has 2 aromatic rings. The Hall–Kier alpha value is -3.11. The third kappa shape index (κ3) is 6.77. The van der Waals surface area contributed by atoms with E-state index in [9.17, 15) is 14.4 Å². The highest BCUT2D eigenvalue weighted by Crippen LogP contribution is 2.23. The maximum Gasteiger partial charge on any atom is 0.306 e. The number of amides is 1. The standard InChI is InChI=1S/C22H22N2O4S/c1-14-4-5-17(10-15(14)2)20(25)8-9-22(27)28-12-21(26)24-19-7-6-18(29-13-23)11-16(19)3/h4-7,10-11H,8-9,12H2,1-3H3,(H,24,26). The third-order valence-electron chi connectivity index (χ3n) is 4.38. The summed E-state index contributed by atoms with van der Waals surface area (Å²) < 4.78 is 4.96. The molecule has 0 aliphatic carbocycles. The van der Waals surface area contributed by atoms with Crippen LogP contribution in [0.1, 0.15) is 39.9 Å². The summed E-state index contributed by atoms with van der Waals surface area (Å²) in [6, 6.07) is 10.6. The zero-order chi connectivity index (χ0) is 21.4. The maximum atomic E-state index is 12.2. The molecule has 0 aliphatic heterocycles. The minimum atomic E-state index is -0.602. The fourth-order valence-corrected chi connectivity index (χ4v) is 3.05. The predicted molar refractivity (Wildman–Crippen MR) is 112 cm³/mol. The van der Waals surface area contributed by atoms with Crippen LogP contribution in [0.4, 0.5) is 5.69 Å². The maximum absolute atomic E-state index is 12.2. The number of nitrogens with one attached hydrogen (secondary N) is 1. The molecule has 0 bridgehead atoms. The van der Waals surface area contributed by atoms with Gasteiger partial charge in [0.2, 0.25) is 0 Å². The number of hydrogen-bond acceptors (Lipinski definition) is 6. The number of hydrogen-bond donors (Lipinski definition) is 1. The number of aryl methyl sites for hydroxylation is 3. The molecule has 0 fully saturated rings. The van der Waals surface area contributed by atoms with Crippen molar-refractivity contribution in [2.24, 2.45) is 0 Å². The average molecular weight is 410 g/mol. The number of Topliss-reactive ketones (excluding diaryl/α,β-unsaturated/α-hetero) is 1. The van der Waals surface area contributed by atoms with E-state index >= 15 is 0 Å². The zero-order valence-electron chi connectivity index (χ0n) is 16.6. The van der Waals surface area contributed by atoms with Gasteiger partial charge in [-0.2, -0.15) is 5.26 Å². The highest BCUT2D eigenvalue weighted by Gasteiger charge is 2.13. The van der Waals surface area contributed by atoms with Gasteiger partial charge in [-0.3, -0.25) is 14.4 Å². The lowest BCUT2D eigenvalue weighted by Gasteiger charge is -2.10. The van der Waals surface area contributed by atoms with Gasteiger partial charge in [0.25, 0.3) is 5.91 Å². The summed E-state index contributed by atoms with van der Waals surface area (Å²) in [4.78, 5) is 36.8. The van der Waals surface area contributed by atoms with Crippen LogP contribution in [0.2, 0.25) is 0 Å². The van der Waals surface area contributed by atoms with Crippen LogP contribution in [0.25, 0.3) is 0 Å². The molecule has 150 valence electrons. The molecule has 6 nitrogen and oxygen atoms in total. The number of nitriles is 1. The van der Waals surface area contributed by atoms with E-state index in [0.29, 0.717) is 11.3 Å². The molecule has 0 spiro atoms. The van der Waals surface area contributed by atoms with Crippen molar-refractivity contribution < 1.29 is 19.1 Å². The van der Waals surface area contributed by atoms with Crippen molar-refractivity contribution in [3.63, 3.8) is 0 Å². The molecule has 0 aliphatic rings. The zero-order valence-corrected chi connectivity index (χ0v) is 17.4. The van der Waals surface area contributed by atoms with Gasteiger partial charge in [-0.05, 0) is 73.5 Å². The number of thiocyanates is 1. The van der Waals surface area contributed by atoms with Crippen molar-refractivity contribution in [3.05, 3.63) is 58.7 Å². The Kier molecular flexibility index (Phi) is 7.98. The second-order valence-electron chi connectivity index (χ2n) is 6.60. The lowest BCUT2D eigenvalue weighted by atomic mass is 10.0. The monoisotopic (exact) mass is 410 g/mol. The number of benzene rings is 2.